The summed E-state index contributed by atoms with van der Waals surface area (Å²) in [5.41, 5.74) is 0. The van der Waals surface area contributed by atoms with Crippen LogP contribution in [0.4, 0.5) is 0 Å². The minimum atomic E-state index is 0.411. The van der Waals surface area contributed by atoms with Gasteiger partial charge < -0.3 is 5.32 Å². The predicted octanol–water partition coefficient (Wildman–Crippen LogP) is 1.22. The van der Waals surface area contributed by atoms with Gasteiger partial charge in [0.25, 0.3) is 0 Å². The van der Waals surface area contributed by atoms with Crippen molar-refractivity contribution in [2.45, 2.75) is 38.6 Å². The molecule has 1 saturated carbocycles. The van der Waals surface area contributed by atoms with Gasteiger partial charge in [-0.25, -0.2) is 0 Å². The summed E-state index contributed by atoms with van der Waals surface area (Å²) in [5.74, 6) is 0.852. The van der Waals surface area contributed by atoms with Crippen LogP contribution in [0.2, 0.25) is 0 Å². The van der Waals surface area contributed by atoms with Gasteiger partial charge in [-0.2, -0.15) is 0 Å². The second kappa shape index (κ2) is 3.59. The van der Waals surface area contributed by atoms with Crippen LogP contribution in [0.3, 0.4) is 0 Å². The third-order valence-corrected chi connectivity index (χ3v) is 2.28. The first-order valence-corrected chi connectivity index (χ1v) is 3.95. The zero-order valence-electron chi connectivity index (χ0n) is 6.39. The Morgan fingerprint density at radius 1 is 1.30 bits per heavy atom. The normalized spacial score (nSPS) is 33.3. The molecule has 10 heavy (non-hydrogen) atoms. The first-order chi connectivity index (χ1) is 4.83. The Morgan fingerprint density at radius 2 is 1.90 bits per heavy atom. The predicted molar refractivity (Wildman–Crippen MR) is 40.2 cm³/mol. The SMILES string of the molecule is C[C@H]1CC[C@H](N[C]=O)CC1. The highest BCUT2D eigenvalue weighted by Crippen LogP contribution is 2.22. The van der Waals surface area contributed by atoms with Crippen molar-refractivity contribution in [1.82, 2.24) is 5.32 Å². The lowest BCUT2D eigenvalue weighted by Gasteiger charge is -2.24. The van der Waals surface area contributed by atoms with Crippen molar-refractivity contribution in [3.05, 3.63) is 0 Å². The van der Waals surface area contributed by atoms with Crippen LogP contribution in [0, 0.1) is 5.92 Å². The van der Waals surface area contributed by atoms with Crippen LogP contribution in [-0.2, 0) is 4.79 Å². The molecule has 0 spiro atoms. The summed E-state index contributed by atoms with van der Waals surface area (Å²) in [5, 5.41) is 2.70. The standard InChI is InChI=1S/C8H14NO/c1-7-2-4-8(5-3-7)9-6-10/h7-8H,2-5H2,1H3,(H,9,10)/t7-,8-. The molecule has 0 bridgehead atoms. The van der Waals surface area contributed by atoms with Crippen LogP contribution >= 0.6 is 0 Å². The van der Waals surface area contributed by atoms with E-state index in [9.17, 15) is 4.79 Å². The van der Waals surface area contributed by atoms with E-state index in [0.717, 1.165) is 18.8 Å². The molecule has 0 aromatic carbocycles. The largest absolute Gasteiger partial charge is 0.345 e. The zero-order valence-corrected chi connectivity index (χ0v) is 6.39. The van der Waals surface area contributed by atoms with Crippen LogP contribution in [-0.4, -0.2) is 12.5 Å². The third-order valence-electron chi connectivity index (χ3n) is 2.28. The molecule has 2 heteroatoms. The van der Waals surface area contributed by atoms with Crippen molar-refractivity contribution < 1.29 is 4.79 Å². The van der Waals surface area contributed by atoms with Gasteiger partial charge in [0.1, 0.15) is 0 Å². The monoisotopic (exact) mass is 140 g/mol. The Kier molecular flexibility index (Phi) is 2.72. The number of amides is 1. The summed E-state index contributed by atoms with van der Waals surface area (Å²) >= 11 is 0. The maximum Gasteiger partial charge on any atom is 0.309 e. The number of hydrogen-bond donors (Lipinski definition) is 1. The quantitative estimate of drug-likeness (QED) is 0.574. The Morgan fingerprint density at radius 3 is 2.40 bits per heavy atom. The average Bonchev–Trinajstić information content (AvgIpc) is 1.95. The lowest BCUT2D eigenvalue weighted by atomic mass is 9.87. The minimum absolute atomic E-state index is 0.411. The fraction of sp³-hybridized carbons (Fsp3) is 0.875. The summed E-state index contributed by atoms with van der Waals surface area (Å²) in [6.45, 7) is 2.26. The molecule has 2 nitrogen and oxygen atoms in total. The van der Waals surface area contributed by atoms with Crippen molar-refractivity contribution in [1.29, 1.82) is 0 Å². The van der Waals surface area contributed by atoms with Gasteiger partial charge in [0.05, 0.1) is 0 Å². The van der Waals surface area contributed by atoms with E-state index in [4.69, 9.17) is 0 Å². The molecule has 1 radical (unpaired) electrons. The fourth-order valence-electron chi connectivity index (χ4n) is 1.49. The van der Waals surface area contributed by atoms with Gasteiger partial charge in [0, 0.05) is 6.04 Å². The Labute approximate surface area is 62.0 Å². The van der Waals surface area contributed by atoms with E-state index in [-0.39, 0.29) is 0 Å². The Hall–Kier alpha value is -0.530. The van der Waals surface area contributed by atoms with E-state index < -0.39 is 0 Å². The highest BCUT2D eigenvalue weighted by molar-refractivity contribution is 5.47. The van der Waals surface area contributed by atoms with Crippen molar-refractivity contribution in [2.24, 2.45) is 5.92 Å². The molecule has 1 aliphatic carbocycles. The summed E-state index contributed by atoms with van der Waals surface area (Å²) in [4.78, 5) is 9.92. The maximum absolute atomic E-state index is 9.92. The molecule has 1 aliphatic rings. The van der Waals surface area contributed by atoms with E-state index in [2.05, 4.69) is 12.2 Å². The molecule has 57 valence electrons. The van der Waals surface area contributed by atoms with Crippen molar-refractivity contribution in [2.75, 3.05) is 0 Å². The fourth-order valence-corrected chi connectivity index (χ4v) is 1.49. The molecular formula is C8H14NO. The van der Waals surface area contributed by atoms with E-state index in [1.807, 2.05) is 0 Å². The number of carbonyl (C=O) groups excluding carboxylic acids is 1. The summed E-state index contributed by atoms with van der Waals surface area (Å²) in [6.07, 6.45) is 6.52. The second-order valence-corrected chi connectivity index (χ2v) is 3.20. The van der Waals surface area contributed by atoms with Crippen molar-refractivity contribution in [3.8, 4) is 0 Å². The smallest absolute Gasteiger partial charge is 0.309 e. The van der Waals surface area contributed by atoms with E-state index >= 15 is 0 Å². The highest BCUT2D eigenvalue weighted by Gasteiger charge is 2.16. The summed E-state index contributed by atoms with van der Waals surface area (Å²) in [6, 6.07) is 0.411. The molecule has 0 aliphatic heterocycles. The minimum Gasteiger partial charge on any atom is -0.345 e. The van der Waals surface area contributed by atoms with Crippen LogP contribution in [0.5, 0.6) is 0 Å². The molecule has 1 amide bonds. The van der Waals surface area contributed by atoms with Gasteiger partial charge in [0.15, 0.2) is 0 Å². The first-order valence-electron chi connectivity index (χ1n) is 3.95. The van der Waals surface area contributed by atoms with Gasteiger partial charge >= 0.3 is 6.41 Å². The number of nitrogens with one attached hydrogen (secondary N) is 1. The third kappa shape index (κ3) is 2.01. The molecule has 1 rings (SSSR count). The zero-order chi connectivity index (χ0) is 7.40. The van der Waals surface area contributed by atoms with Gasteiger partial charge in [-0.1, -0.05) is 6.92 Å². The molecule has 1 fully saturated rings. The number of hydrogen-bond acceptors (Lipinski definition) is 1. The van der Waals surface area contributed by atoms with Crippen LogP contribution < -0.4 is 5.32 Å². The molecule has 0 aromatic heterocycles. The van der Waals surface area contributed by atoms with Crippen LogP contribution in [0.25, 0.3) is 0 Å². The topological polar surface area (TPSA) is 29.1 Å². The van der Waals surface area contributed by atoms with E-state index in [1.165, 1.54) is 12.8 Å². The van der Waals surface area contributed by atoms with Crippen LogP contribution in [0.1, 0.15) is 32.6 Å². The van der Waals surface area contributed by atoms with Crippen molar-refractivity contribution in [3.63, 3.8) is 0 Å². The molecule has 0 saturated heterocycles. The lowest BCUT2D eigenvalue weighted by molar-refractivity contribution is 0.327. The molecule has 1 N–H and O–H groups in total. The second-order valence-electron chi connectivity index (χ2n) is 3.20. The molecule has 0 unspecified atom stereocenters. The average molecular weight is 140 g/mol. The van der Waals surface area contributed by atoms with Crippen molar-refractivity contribution >= 4 is 6.41 Å². The van der Waals surface area contributed by atoms with Gasteiger partial charge in [-0.3, -0.25) is 4.79 Å². The molecular weight excluding hydrogens is 126 g/mol. The van der Waals surface area contributed by atoms with E-state index in [0.29, 0.717) is 6.04 Å². The Balaban J connectivity index is 2.19. The highest BCUT2D eigenvalue weighted by atomic mass is 16.1. The Bertz CT molecular complexity index is 106. The van der Waals surface area contributed by atoms with Crippen LogP contribution in [0.15, 0.2) is 0 Å². The molecule has 0 aromatic rings. The number of rotatable bonds is 2. The van der Waals surface area contributed by atoms with Gasteiger partial charge in [0.2, 0.25) is 0 Å². The maximum atomic E-state index is 9.92. The van der Waals surface area contributed by atoms with Gasteiger partial charge in [-0.05, 0) is 31.6 Å². The molecule has 0 atom stereocenters. The lowest BCUT2D eigenvalue weighted by Crippen LogP contribution is -2.31. The summed E-state index contributed by atoms with van der Waals surface area (Å²) in [7, 11) is 0. The van der Waals surface area contributed by atoms with E-state index in [1.54, 1.807) is 6.41 Å². The van der Waals surface area contributed by atoms with Gasteiger partial charge in [-0.15, -0.1) is 0 Å². The molecule has 0 heterocycles. The summed E-state index contributed by atoms with van der Waals surface area (Å²) < 4.78 is 0. The first kappa shape index (κ1) is 7.58.